The van der Waals surface area contributed by atoms with Crippen molar-refractivity contribution < 1.29 is 13.9 Å². The summed E-state index contributed by atoms with van der Waals surface area (Å²) in [5, 5.41) is 3.10. The fourth-order valence-electron chi connectivity index (χ4n) is 3.20. The number of fused-ring (bicyclic) bond motifs is 1. The molecular formula is C18H24N2O4. The maximum Gasteiger partial charge on any atom is 0.417 e. The van der Waals surface area contributed by atoms with Gasteiger partial charge >= 0.3 is 5.76 Å². The van der Waals surface area contributed by atoms with E-state index in [4.69, 9.17) is 9.15 Å². The second kappa shape index (κ2) is 7.21. The molecule has 1 aromatic carbocycles. The van der Waals surface area contributed by atoms with Crippen LogP contribution in [-0.2, 0) is 9.53 Å². The summed E-state index contributed by atoms with van der Waals surface area (Å²) in [6.45, 7) is 4.92. The molecule has 1 amide bonds. The van der Waals surface area contributed by atoms with Gasteiger partial charge in [0.15, 0.2) is 5.58 Å². The van der Waals surface area contributed by atoms with Gasteiger partial charge in [0.25, 0.3) is 0 Å². The van der Waals surface area contributed by atoms with E-state index >= 15 is 0 Å². The smallest absolute Gasteiger partial charge is 0.408 e. The minimum atomic E-state index is -0.469. The van der Waals surface area contributed by atoms with Crippen LogP contribution in [0.2, 0.25) is 0 Å². The number of amides is 1. The lowest BCUT2D eigenvalue weighted by Gasteiger charge is -2.23. The number of rotatable bonds is 6. The van der Waals surface area contributed by atoms with Crippen LogP contribution >= 0.6 is 0 Å². The van der Waals surface area contributed by atoms with E-state index in [9.17, 15) is 9.59 Å². The molecule has 130 valence electrons. The molecule has 1 aromatic heterocycles. The predicted octanol–water partition coefficient (Wildman–Crippen LogP) is 2.89. The molecule has 0 spiro atoms. The Kier molecular flexibility index (Phi) is 5.04. The topological polar surface area (TPSA) is 84.3 Å². The first kappa shape index (κ1) is 16.8. The summed E-state index contributed by atoms with van der Waals surface area (Å²) in [5.41, 5.74) is 2.11. The largest absolute Gasteiger partial charge is 0.417 e. The first-order valence-corrected chi connectivity index (χ1v) is 8.56. The average molecular weight is 332 g/mol. The van der Waals surface area contributed by atoms with Gasteiger partial charge in [0, 0.05) is 13.0 Å². The zero-order chi connectivity index (χ0) is 17.1. The van der Waals surface area contributed by atoms with Gasteiger partial charge in [-0.15, -0.1) is 0 Å². The van der Waals surface area contributed by atoms with Gasteiger partial charge in [0.2, 0.25) is 5.91 Å². The Morgan fingerprint density at radius 1 is 1.42 bits per heavy atom. The van der Waals surface area contributed by atoms with Crippen molar-refractivity contribution in [2.24, 2.45) is 5.92 Å². The van der Waals surface area contributed by atoms with Crippen LogP contribution in [0.25, 0.3) is 11.1 Å². The zero-order valence-corrected chi connectivity index (χ0v) is 14.1. The van der Waals surface area contributed by atoms with E-state index in [0.717, 1.165) is 31.4 Å². The van der Waals surface area contributed by atoms with Gasteiger partial charge in [-0.3, -0.25) is 9.78 Å². The number of hydrogen-bond acceptors (Lipinski definition) is 4. The number of ether oxygens (including phenoxy) is 1. The SMILES string of the molecule is CC(C)[C@@H](NC(=O)CC[C@@H]1CCCO1)c1ccc2[nH]c(=O)oc2c1. The van der Waals surface area contributed by atoms with Crippen molar-refractivity contribution in [3.05, 3.63) is 34.3 Å². The number of carbonyl (C=O) groups is 1. The number of oxazole rings is 1. The van der Waals surface area contributed by atoms with Crippen LogP contribution in [0.3, 0.4) is 0 Å². The van der Waals surface area contributed by atoms with Crippen molar-refractivity contribution >= 4 is 17.0 Å². The Morgan fingerprint density at radius 3 is 2.96 bits per heavy atom. The van der Waals surface area contributed by atoms with E-state index in [1.54, 1.807) is 0 Å². The molecule has 0 bridgehead atoms. The standard InChI is InChI=1S/C18H24N2O4/c1-11(2)17(20-16(21)8-6-13-4-3-9-23-13)12-5-7-14-15(10-12)24-18(22)19-14/h5,7,10-11,13,17H,3-4,6,8-9H2,1-2H3,(H,19,22)(H,20,21)/t13-,17+/m0/s1. The number of nitrogens with one attached hydrogen (secondary N) is 2. The summed E-state index contributed by atoms with van der Waals surface area (Å²) in [6.07, 6.45) is 3.59. The van der Waals surface area contributed by atoms with Crippen LogP contribution in [0.15, 0.2) is 27.4 Å². The van der Waals surface area contributed by atoms with Gasteiger partial charge in [-0.05, 0) is 42.9 Å². The van der Waals surface area contributed by atoms with Crippen molar-refractivity contribution in [2.75, 3.05) is 6.61 Å². The summed E-state index contributed by atoms with van der Waals surface area (Å²) in [4.78, 5) is 26.2. The summed E-state index contributed by atoms with van der Waals surface area (Å²) >= 11 is 0. The summed E-state index contributed by atoms with van der Waals surface area (Å²) < 4.78 is 10.7. The van der Waals surface area contributed by atoms with Gasteiger partial charge in [0.05, 0.1) is 17.7 Å². The first-order valence-electron chi connectivity index (χ1n) is 8.56. The Bertz CT molecular complexity index is 756. The van der Waals surface area contributed by atoms with E-state index < -0.39 is 5.76 Å². The van der Waals surface area contributed by atoms with Crippen molar-refractivity contribution in [1.82, 2.24) is 10.3 Å². The van der Waals surface area contributed by atoms with E-state index in [0.29, 0.717) is 17.5 Å². The summed E-state index contributed by atoms with van der Waals surface area (Å²) in [5.74, 6) is -0.219. The van der Waals surface area contributed by atoms with E-state index in [-0.39, 0.29) is 24.0 Å². The van der Waals surface area contributed by atoms with E-state index in [1.165, 1.54) is 0 Å². The van der Waals surface area contributed by atoms with Gasteiger partial charge in [0.1, 0.15) is 0 Å². The molecule has 2 atom stereocenters. The highest BCUT2D eigenvalue weighted by atomic mass is 16.5. The van der Waals surface area contributed by atoms with E-state index in [1.807, 2.05) is 18.2 Å². The monoisotopic (exact) mass is 332 g/mol. The Hall–Kier alpha value is -2.08. The molecule has 0 aliphatic carbocycles. The zero-order valence-electron chi connectivity index (χ0n) is 14.1. The highest BCUT2D eigenvalue weighted by molar-refractivity contribution is 5.77. The second-order valence-electron chi connectivity index (χ2n) is 6.73. The third-order valence-electron chi connectivity index (χ3n) is 4.50. The molecule has 2 heterocycles. The van der Waals surface area contributed by atoms with Crippen LogP contribution in [-0.4, -0.2) is 23.6 Å². The van der Waals surface area contributed by atoms with Crippen molar-refractivity contribution in [3.63, 3.8) is 0 Å². The molecule has 1 aliphatic rings. The molecule has 1 aliphatic heterocycles. The van der Waals surface area contributed by atoms with Gasteiger partial charge in [-0.2, -0.15) is 0 Å². The molecule has 2 aromatic rings. The minimum Gasteiger partial charge on any atom is -0.408 e. The molecule has 0 unspecified atom stereocenters. The third kappa shape index (κ3) is 3.87. The summed E-state index contributed by atoms with van der Waals surface area (Å²) in [6, 6.07) is 5.42. The van der Waals surface area contributed by atoms with E-state index in [2.05, 4.69) is 24.1 Å². The number of aromatic nitrogens is 1. The molecular weight excluding hydrogens is 308 g/mol. The highest BCUT2D eigenvalue weighted by Gasteiger charge is 2.21. The molecule has 24 heavy (non-hydrogen) atoms. The predicted molar refractivity (Wildman–Crippen MR) is 90.8 cm³/mol. The van der Waals surface area contributed by atoms with Crippen LogP contribution < -0.4 is 11.1 Å². The van der Waals surface area contributed by atoms with Crippen LogP contribution in [0.4, 0.5) is 0 Å². The molecule has 6 heteroatoms. The van der Waals surface area contributed by atoms with Gasteiger partial charge < -0.3 is 14.5 Å². The number of carbonyl (C=O) groups excluding carboxylic acids is 1. The summed E-state index contributed by atoms with van der Waals surface area (Å²) in [7, 11) is 0. The quantitative estimate of drug-likeness (QED) is 0.852. The highest BCUT2D eigenvalue weighted by Crippen LogP contribution is 2.25. The molecule has 2 N–H and O–H groups in total. The molecule has 3 rings (SSSR count). The fraction of sp³-hybridized carbons (Fsp3) is 0.556. The maximum absolute atomic E-state index is 12.3. The number of aromatic amines is 1. The Labute approximate surface area is 140 Å². The normalized spacial score (nSPS) is 19.0. The number of H-pyrrole nitrogens is 1. The number of benzene rings is 1. The second-order valence-corrected chi connectivity index (χ2v) is 6.73. The molecule has 1 fully saturated rings. The first-order chi connectivity index (χ1) is 11.5. The Balaban J connectivity index is 1.68. The molecule has 0 radical (unpaired) electrons. The van der Waals surface area contributed by atoms with Crippen LogP contribution in [0.1, 0.15) is 51.1 Å². The van der Waals surface area contributed by atoms with Crippen molar-refractivity contribution in [1.29, 1.82) is 0 Å². The van der Waals surface area contributed by atoms with Crippen molar-refractivity contribution in [3.8, 4) is 0 Å². The minimum absolute atomic E-state index is 0.0276. The lowest BCUT2D eigenvalue weighted by molar-refractivity contribution is -0.122. The molecule has 1 saturated heterocycles. The van der Waals surface area contributed by atoms with Crippen molar-refractivity contribution in [2.45, 2.75) is 51.7 Å². The van der Waals surface area contributed by atoms with Crippen LogP contribution in [0.5, 0.6) is 0 Å². The van der Waals surface area contributed by atoms with Gasteiger partial charge in [-0.1, -0.05) is 19.9 Å². The van der Waals surface area contributed by atoms with Gasteiger partial charge in [-0.25, -0.2) is 4.79 Å². The maximum atomic E-state index is 12.3. The number of hydrogen-bond donors (Lipinski definition) is 2. The fourth-order valence-corrected chi connectivity index (χ4v) is 3.20. The average Bonchev–Trinajstić information content (AvgIpc) is 3.17. The third-order valence-corrected chi connectivity index (χ3v) is 4.50. The lowest BCUT2D eigenvalue weighted by atomic mass is 9.95. The Morgan fingerprint density at radius 2 is 2.25 bits per heavy atom. The molecule has 6 nitrogen and oxygen atoms in total. The van der Waals surface area contributed by atoms with Crippen LogP contribution in [0, 0.1) is 5.92 Å². The lowest BCUT2D eigenvalue weighted by Crippen LogP contribution is -2.32. The molecule has 0 saturated carbocycles.